The van der Waals surface area contributed by atoms with Crippen LogP contribution >= 0.6 is 0 Å². The molecule has 118 valence electrons. The average molecular weight is 366 g/mol. The van der Waals surface area contributed by atoms with Crippen molar-refractivity contribution in [1.82, 2.24) is 0 Å². The van der Waals surface area contributed by atoms with Crippen molar-refractivity contribution in [2.45, 2.75) is 31.5 Å². The summed E-state index contributed by atoms with van der Waals surface area (Å²) < 4.78 is 0. The van der Waals surface area contributed by atoms with Gasteiger partial charge in [-0.1, -0.05) is 0 Å². The van der Waals surface area contributed by atoms with E-state index in [0.717, 1.165) is 0 Å². The summed E-state index contributed by atoms with van der Waals surface area (Å²) in [6.07, 6.45) is -3.52. The van der Waals surface area contributed by atoms with Crippen LogP contribution < -0.4 is 0 Å². The summed E-state index contributed by atoms with van der Waals surface area (Å²) in [4.78, 5) is 39.9. The molecule has 0 aliphatic rings. The molecule has 1 atom stereocenters. The zero-order valence-corrected chi connectivity index (χ0v) is 9.81. The predicted octanol–water partition coefficient (Wildman–Crippen LogP) is -3.63. The minimum absolute atomic E-state index is 0. The van der Waals surface area contributed by atoms with Crippen molar-refractivity contribution in [1.29, 1.82) is 0 Å². The van der Waals surface area contributed by atoms with Crippen molar-refractivity contribution in [3.63, 3.8) is 0 Å². The molecule has 0 aromatic rings. The van der Waals surface area contributed by atoms with Gasteiger partial charge in [-0.15, -0.1) is 0 Å². The Morgan fingerprint density at radius 1 is 0.905 bits per heavy atom. The molecule has 0 aliphatic carbocycles. The number of aliphatic hydroxyl groups is 2. The molecule has 0 saturated carbocycles. The number of carbonyl (C=O) groups is 4. The molecule has 0 rings (SSSR count). The van der Waals surface area contributed by atoms with Gasteiger partial charge in [0.25, 0.3) is 0 Å². The molecule has 0 heterocycles. The van der Waals surface area contributed by atoms with Crippen LogP contribution in [0.25, 0.3) is 0 Å². The van der Waals surface area contributed by atoms with Gasteiger partial charge in [-0.2, -0.15) is 0 Å². The Bertz CT molecular complexity index is 352. The van der Waals surface area contributed by atoms with Gasteiger partial charge < -0.3 is 30.6 Å². The average Bonchev–Trinajstić information content (AvgIpc) is 2.14. The summed E-state index contributed by atoms with van der Waals surface area (Å²) in [5.41, 5.74) is -2.74. The maximum atomic E-state index is 10.3. The van der Waals surface area contributed by atoms with E-state index in [9.17, 15) is 19.2 Å². The normalized spacial score (nSPS) is 10.6. The molecular formula is C9H18Ca2O10. The molecule has 21 heavy (non-hydrogen) atoms. The fourth-order valence-electron chi connectivity index (χ4n) is 0.714. The number of carboxylic acids is 4. The minimum atomic E-state index is -2.74. The van der Waals surface area contributed by atoms with E-state index in [4.69, 9.17) is 30.6 Å². The SMILES string of the molecule is CC(O)C(=O)O.O=C(O)CC(O)(CC(=O)O)C(=O)O.[CaH2].[CaH2]. The third-order valence-electron chi connectivity index (χ3n) is 1.64. The quantitative estimate of drug-likeness (QED) is 0.256. The van der Waals surface area contributed by atoms with Gasteiger partial charge in [-0.3, -0.25) is 9.59 Å². The molecule has 6 N–H and O–H groups in total. The molecule has 0 radical (unpaired) electrons. The van der Waals surface area contributed by atoms with Crippen molar-refractivity contribution in [2.24, 2.45) is 0 Å². The third kappa shape index (κ3) is 16.5. The Kier molecular flexibility index (Phi) is 19.5. The fraction of sp³-hybridized carbons (Fsp3) is 0.556. The molecular weight excluding hydrogens is 348 g/mol. The van der Waals surface area contributed by atoms with Crippen LogP contribution in [0.5, 0.6) is 0 Å². The monoisotopic (exact) mass is 366 g/mol. The number of aliphatic carboxylic acids is 4. The first-order valence-electron chi connectivity index (χ1n) is 4.72. The van der Waals surface area contributed by atoms with Crippen LogP contribution in [0.1, 0.15) is 19.8 Å². The van der Waals surface area contributed by atoms with Crippen molar-refractivity contribution >= 4 is 99.4 Å². The zero-order valence-electron chi connectivity index (χ0n) is 9.81. The molecule has 0 spiro atoms. The van der Waals surface area contributed by atoms with Crippen molar-refractivity contribution in [3.05, 3.63) is 0 Å². The van der Waals surface area contributed by atoms with Gasteiger partial charge in [0.15, 0.2) is 5.60 Å². The predicted molar refractivity (Wildman–Crippen MR) is 73.5 cm³/mol. The fourth-order valence-corrected chi connectivity index (χ4v) is 0.714. The molecule has 0 amide bonds. The first-order chi connectivity index (χ1) is 8.42. The van der Waals surface area contributed by atoms with Gasteiger partial charge in [0.05, 0.1) is 12.8 Å². The summed E-state index contributed by atoms with van der Waals surface area (Å²) in [5, 5.41) is 49.6. The van der Waals surface area contributed by atoms with Gasteiger partial charge >= 0.3 is 99.4 Å². The van der Waals surface area contributed by atoms with Crippen LogP contribution in [0.2, 0.25) is 0 Å². The van der Waals surface area contributed by atoms with Gasteiger partial charge in [-0.05, 0) is 6.92 Å². The van der Waals surface area contributed by atoms with Crippen molar-refractivity contribution < 1.29 is 49.8 Å². The number of aliphatic hydroxyl groups excluding tert-OH is 1. The Hall–Kier alpha value is 0.319. The van der Waals surface area contributed by atoms with Crippen LogP contribution in [-0.2, 0) is 19.2 Å². The van der Waals surface area contributed by atoms with Crippen molar-refractivity contribution in [2.75, 3.05) is 0 Å². The molecule has 0 aromatic carbocycles. The van der Waals surface area contributed by atoms with E-state index >= 15 is 0 Å². The first kappa shape index (κ1) is 29.3. The van der Waals surface area contributed by atoms with Crippen LogP contribution in [0.15, 0.2) is 0 Å². The van der Waals surface area contributed by atoms with Crippen LogP contribution in [0.4, 0.5) is 0 Å². The van der Waals surface area contributed by atoms with E-state index in [1.54, 1.807) is 0 Å². The second-order valence-corrected chi connectivity index (χ2v) is 3.49. The van der Waals surface area contributed by atoms with Gasteiger partial charge in [0, 0.05) is 0 Å². The summed E-state index contributed by atoms with van der Waals surface area (Å²) in [5.74, 6) is -6.20. The first-order valence-corrected chi connectivity index (χ1v) is 4.72. The summed E-state index contributed by atoms with van der Waals surface area (Å²) in [6, 6.07) is 0. The molecule has 0 fully saturated rings. The molecule has 12 heteroatoms. The maximum absolute atomic E-state index is 10.3. The molecule has 10 nitrogen and oxygen atoms in total. The summed E-state index contributed by atoms with van der Waals surface area (Å²) in [7, 11) is 0. The van der Waals surface area contributed by atoms with E-state index in [2.05, 4.69) is 0 Å². The van der Waals surface area contributed by atoms with Gasteiger partial charge in [0.1, 0.15) is 6.10 Å². The van der Waals surface area contributed by atoms with E-state index in [-0.39, 0.29) is 75.5 Å². The number of hydrogen-bond acceptors (Lipinski definition) is 6. The van der Waals surface area contributed by atoms with Crippen LogP contribution in [-0.4, -0.2) is 142 Å². The van der Waals surface area contributed by atoms with E-state index < -0.39 is 48.4 Å². The Morgan fingerprint density at radius 2 is 1.14 bits per heavy atom. The number of rotatable bonds is 6. The number of hydrogen-bond donors (Lipinski definition) is 6. The van der Waals surface area contributed by atoms with Gasteiger partial charge in [0.2, 0.25) is 0 Å². The van der Waals surface area contributed by atoms with Crippen molar-refractivity contribution in [3.8, 4) is 0 Å². The Morgan fingerprint density at radius 3 is 1.24 bits per heavy atom. The second kappa shape index (κ2) is 13.9. The van der Waals surface area contributed by atoms with Gasteiger partial charge in [-0.25, -0.2) is 9.59 Å². The standard InChI is InChI=1S/C6H8O7.C3H6O3.2Ca.4H/c7-3(8)1-6(13,5(11)12)2-4(9)10;1-2(4)3(5)6;;;;;;/h13H,1-2H2,(H,7,8)(H,9,10)(H,11,12);2,4H,1H3,(H,5,6);;;;;;. The molecule has 0 aliphatic heterocycles. The molecule has 0 saturated heterocycles. The zero-order chi connectivity index (χ0) is 15.8. The van der Waals surface area contributed by atoms with Crippen LogP contribution in [0, 0.1) is 0 Å². The Balaban J connectivity index is -0.000000156. The van der Waals surface area contributed by atoms with E-state index in [1.807, 2.05) is 0 Å². The topological polar surface area (TPSA) is 190 Å². The molecule has 0 bridgehead atoms. The van der Waals surface area contributed by atoms with Crippen LogP contribution in [0.3, 0.4) is 0 Å². The third-order valence-corrected chi connectivity index (χ3v) is 1.64. The molecule has 1 unspecified atom stereocenters. The molecule has 0 aromatic heterocycles. The second-order valence-electron chi connectivity index (χ2n) is 3.49. The Labute approximate surface area is 178 Å². The van der Waals surface area contributed by atoms with E-state index in [1.165, 1.54) is 6.92 Å². The van der Waals surface area contributed by atoms with E-state index in [0.29, 0.717) is 0 Å². The summed E-state index contributed by atoms with van der Waals surface area (Å²) in [6.45, 7) is 1.20. The number of carboxylic acid groups (broad SMARTS) is 4. The summed E-state index contributed by atoms with van der Waals surface area (Å²) >= 11 is 0.